The van der Waals surface area contributed by atoms with Crippen molar-refractivity contribution < 1.29 is 28.9 Å². The standard InChI is InChI=1S/C12H19BrO6/c1-4-17-10(16)12(13,8(2)7-9(14)15)11(3)18-5-6-19-11/h8H,4-7H2,1-3H3,(H,14,15)/t8-,12-/m1/s1. The Kier molecular flexibility index (Phi) is 5.34. The first-order valence-electron chi connectivity index (χ1n) is 6.13. The molecule has 0 aromatic rings. The summed E-state index contributed by atoms with van der Waals surface area (Å²) in [7, 11) is 0. The Morgan fingerprint density at radius 2 is 2.00 bits per heavy atom. The molecule has 0 bridgehead atoms. The molecular weight excluding hydrogens is 320 g/mol. The van der Waals surface area contributed by atoms with Crippen molar-refractivity contribution in [1.82, 2.24) is 0 Å². The average molecular weight is 339 g/mol. The highest BCUT2D eigenvalue weighted by atomic mass is 79.9. The molecule has 2 atom stereocenters. The van der Waals surface area contributed by atoms with Gasteiger partial charge in [0.2, 0.25) is 0 Å². The fourth-order valence-electron chi connectivity index (χ4n) is 2.20. The number of carbonyl (C=O) groups is 2. The van der Waals surface area contributed by atoms with Crippen LogP contribution in [0.25, 0.3) is 0 Å². The fourth-order valence-corrected chi connectivity index (χ4v) is 2.70. The maximum atomic E-state index is 12.3. The number of carboxylic acids is 1. The number of aliphatic carboxylic acids is 1. The van der Waals surface area contributed by atoms with E-state index < -0.39 is 28.0 Å². The molecule has 1 aliphatic heterocycles. The quantitative estimate of drug-likeness (QED) is 0.584. The zero-order chi connectivity index (χ0) is 14.7. The molecule has 0 spiro atoms. The van der Waals surface area contributed by atoms with Crippen molar-refractivity contribution >= 4 is 27.9 Å². The van der Waals surface area contributed by atoms with Gasteiger partial charge < -0.3 is 19.3 Å². The zero-order valence-corrected chi connectivity index (χ0v) is 12.9. The Hall–Kier alpha value is -0.660. The van der Waals surface area contributed by atoms with Gasteiger partial charge in [-0.3, -0.25) is 9.59 Å². The molecule has 1 N–H and O–H groups in total. The van der Waals surface area contributed by atoms with Crippen LogP contribution in [0.15, 0.2) is 0 Å². The van der Waals surface area contributed by atoms with Crippen molar-refractivity contribution in [2.24, 2.45) is 5.92 Å². The average Bonchev–Trinajstić information content (AvgIpc) is 2.75. The van der Waals surface area contributed by atoms with E-state index in [-0.39, 0.29) is 13.0 Å². The molecule has 0 aromatic carbocycles. The van der Waals surface area contributed by atoms with Crippen LogP contribution in [-0.4, -0.2) is 47.0 Å². The number of carbonyl (C=O) groups excluding carboxylic acids is 1. The van der Waals surface area contributed by atoms with Gasteiger partial charge in [-0.1, -0.05) is 22.9 Å². The molecule has 110 valence electrons. The number of ether oxygens (including phenoxy) is 3. The summed E-state index contributed by atoms with van der Waals surface area (Å²) in [5.74, 6) is -3.38. The van der Waals surface area contributed by atoms with E-state index in [0.29, 0.717) is 13.2 Å². The van der Waals surface area contributed by atoms with Crippen LogP contribution < -0.4 is 0 Å². The second-order valence-electron chi connectivity index (χ2n) is 4.57. The normalized spacial score (nSPS) is 22.5. The maximum Gasteiger partial charge on any atom is 0.328 e. The smallest absolute Gasteiger partial charge is 0.328 e. The van der Waals surface area contributed by atoms with E-state index in [2.05, 4.69) is 15.9 Å². The predicted octanol–water partition coefficient (Wildman–Crippen LogP) is 1.56. The molecule has 19 heavy (non-hydrogen) atoms. The van der Waals surface area contributed by atoms with Crippen LogP contribution in [0.2, 0.25) is 0 Å². The van der Waals surface area contributed by atoms with Gasteiger partial charge in [-0.25, -0.2) is 0 Å². The minimum Gasteiger partial charge on any atom is -0.481 e. The van der Waals surface area contributed by atoms with Gasteiger partial charge in [-0.15, -0.1) is 0 Å². The van der Waals surface area contributed by atoms with Gasteiger partial charge in [0.1, 0.15) is 0 Å². The number of carboxylic acid groups (broad SMARTS) is 1. The van der Waals surface area contributed by atoms with Gasteiger partial charge in [0.25, 0.3) is 0 Å². The third kappa shape index (κ3) is 3.09. The molecule has 1 fully saturated rings. The van der Waals surface area contributed by atoms with E-state index in [1.54, 1.807) is 20.8 Å². The molecule has 0 radical (unpaired) electrons. The minimum absolute atomic E-state index is 0.196. The molecular formula is C12H19BrO6. The first-order chi connectivity index (χ1) is 8.78. The van der Waals surface area contributed by atoms with Crippen LogP contribution in [0, 0.1) is 5.92 Å². The summed E-state index contributed by atoms with van der Waals surface area (Å²) in [6, 6.07) is 0. The first kappa shape index (κ1) is 16.4. The Labute approximate surface area is 120 Å². The van der Waals surface area contributed by atoms with Crippen molar-refractivity contribution in [3.05, 3.63) is 0 Å². The summed E-state index contributed by atoms with van der Waals surface area (Å²) in [6.45, 7) is 5.85. The van der Waals surface area contributed by atoms with Crippen molar-refractivity contribution in [1.29, 1.82) is 0 Å². The van der Waals surface area contributed by atoms with E-state index in [1.807, 2.05) is 0 Å². The van der Waals surface area contributed by atoms with E-state index in [0.717, 1.165) is 0 Å². The van der Waals surface area contributed by atoms with Gasteiger partial charge >= 0.3 is 11.9 Å². The lowest BCUT2D eigenvalue weighted by Gasteiger charge is -2.41. The third-order valence-electron chi connectivity index (χ3n) is 3.23. The Morgan fingerprint density at radius 1 is 1.47 bits per heavy atom. The number of halogens is 1. The monoisotopic (exact) mass is 338 g/mol. The van der Waals surface area contributed by atoms with Gasteiger partial charge in [-0.2, -0.15) is 0 Å². The van der Waals surface area contributed by atoms with Gasteiger partial charge in [0.05, 0.1) is 26.2 Å². The minimum atomic E-state index is -1.36. The number of rotatable bonds is 6. The van der Waals surface area contributed by atoms with Gasteiger partial charge in [-0.05, 0) is 19.8 Å². The topological polar surface area (TPSA) is 82.1 Å². The Morgan fingerprint density at radius 3 is 2.42 bits per heavy atom. The zero-order valence-electron chi connectivity index (χ0n) is 11.3. The Balaban J connectivity index is 3.08. The predicted molar refractivity (Wildman–Crippen MR) is 70.0 cm³/mol. The van der Waals surface area contributed by atoms with Crippen LogP contribution in [-0.2, 0) is 23.8 Å². The van der Waals surface area contributed by atoms with Gasteiger partial charge in [0.15, 0.2) is 10.1 Å². The third-order valence-corrected chi connectivity index (χ3v) is 5.06. The van der Waals surface area contributed by atoms with Crippen LogP contribution >= 0.6 is 15.9 Å². The van der Waals surface area contributed by atoms with Gasteiger partial charge in [0, 0.05) is 0 Å². The van der Waals surface area contributed by atoms with Crippen molar-refractivity contribution in [3.63, 3.8) is 0 Å². The largest absolute Gasteiger partial charge is 0.481 e. The molecule has 1 aliphatic rings. The van der Waals surface area contributed by atoms with Crippen molar-refractivity contribution in [3.8, 4) is 0 Å². The van der Waals surface area contributed by atoms with Crippen molar-refractivity contribution in [2.75, 3.05) is 19.8 Å². The molecule has 1 saturated heterocycles. The first-order valence-corrected chi connectivity index (χ1v) is 6.93. The summed E-state index contributed by atoms with van der Waals surface area (Å²) in [6.07, 6.45) is -0.202. The highest BCUT2D eigenvalue weighted by molar-refractivity contribution is 9.10. The van der Waals surface area contributed by atoms with E-state index >= 15 is 0 Å². The molecule has 6 nitrogen and oxygen atoms in total. The molecule has 1 heterocycles. The van der Waals surface area contributed by atoms with Crippen LogP contribution in [0.5, 0.6) is 0 Å². The van der Waals surface area contributed by atoms with Crippen LogP contribution in [0.3, 0.4) is 0 Å². The van der Waals surface area contributed by atoms with E-state index in [1.165, 1.54) is 0 Å². The van der Waals surface area contributed by atoms with E-state index in [9.17, 15) is 9.59 Å². The molecule has 0 unspecified atom stereocenters. The Bertz CT molecular complexity index is 352. The van der Waals surface area contributed by atoms with Crippen molar-refractivity contribution in [2.45, 2.75) is 37.3 Å². The summed E-state index contributed by atoms with van der Waals surface area (Å²) in [5, 5.41) is 8.93. The maximum absolute atomic E-state index is 12.3. The molecule has 7 heteroatoms. The van der Waals surface area contributed by atoms with Crippen LogP contribution in [0.1, 0.15) is 27.2 Å². The second kappa shape index (κ2) is 6.19. The number of esters is 1. The second-order valence-corrected chi connectivity index (χ2v) is 5.82. The summed E-state index contributed by atoms with van der Waals surface area (Å²) in [5.41, 5.74) is 0. The SMILES string of the molecule is CCOC(=O)[C@](Br)([C@H](C)CC(=O)O)C1(C)OCCO1. The molecule has 0 amide bonds. The highest BCUT2D eigenvalue weighted by Crippen LogP contribution is 2.45. The number of alkyl halides is 1. The van der Waals surface area contributed by atoms with Crippen LogP contribution in [0.4, 0.5) is 0 Å². The lowest BCUT2D eigenvalue weighted by molar-refractivity contribution is -0.196. The fraction of sp³-hybridized carbons (Fsp3) is 0.833. The summed E-state index contributed by atoms with van der Waals surface area (Å²) < 4.78 is 14.7. The molecule has 1 rings (SSSR count). The number of hydrogen-bond donors (Lipinski definition) is 1. The lowest BCUT2D eigenvalue weighted by Crippen LogP contribution is -2.58. The highest BCUT2D eigenvalue weighted by Gasteiger charge is 2.60. The van der Waals surface area contributed by atoms with E-state index in [4.69, 9.17) is 19.3 Å². The summed E-state index contributed by atoms with van der Waals surface area (Å²) in [4.78, 5) is 23.2. The molecule has 0 aliphatic carbocycles. The molecule has 0 saturated carbocycles. The number of hydrogen-bond acceptors (Lipinski definition) is 5. The lowest BCUT2D eigenvalue weighted by atomic mass is 9.84. The molecule has 0 aromatic heterocycles. The summed E-state index contributed by atoms with van der Waals surface area (Å²) >= 11 is 3.34.